The molecular formula is C18H32N2S. The number of nitrogens with one attached hydrogen (secondary N) is 1. The maximum Gasteiger partial charge on any atom is 0.0330 e. The van der Waals surface area contributed by atoms with Gasteiger partial charge in [-0.3, -0.25) is 4.90 Å². The van der Waals surface area contributed by atoms with Gasteiger partial charge in [-0.25, -0.2) is 0 Å². The maximum atomic E-state index is 3.57. The van der Waals surface area contributed by atoms with Crippen molar-refractivity contribution in [2.24, 2.45) is 11.3 Å². The standard InChI is InChI=1S/C18H32N2S/c1-14(2)20(13-16-7-6-10-21-16)12-15-11-18(3,4)9-8-17(15)19-5/h6-7,10,14-15,17,19H,8-9,11-13H2,1-5H3. The van der Waals surface area contributed by atoms with Gasteiger partial charge in [0.05, 0.1) is 0 Å². The molecule has 1 aliphatic carbocycles. The number of hydrogen-bond acceptors (Lipinski definition) is 3. The predicted octanol–water partition coefficient (Wildman–Crippen LogP) is 4.37. The summed E-state index contributed by atoms with van der Waals surface area (Å²) >= 11 is 1.88. The smallest absolute Gasteiger partial charge is 0.0330 e. The molecule has 3 heteroatoms. The van der Waals surface area contributed by atoms with Crippen molar-refractivity contribution in [1.29, 1.82) is 0 Å². The minimum absolute atomic E-state index is 0.504. The van der Waals surface area contributed by atoms with Crippen LogP contribution in [0.4, 0.5) is 0 Å². The summed E-state index contributed by atoms with van der Waals surface area (Å²) in [4.78, 5) is 4.14. The fourth-order valence-electron chi connectivity index (χ4n) is 3.67. The Bertz CT molecular complexity index is 411. The van der Waals surface area contributed by atoms with E-state index in [1.807, 2.05) is 11.3 Å². The summed E-state index contributed by atoms with van der Waals surface area (Å²) in [5.74, 6) is 0.765. The molecule has 0 saturated heterocycles. The van der Waals surface area contributed by atoms with Crippen molar-refractivity contribution in [2.75, 3.05) is 13.6 Å². The molecule has 1 N–H and O–H groups in total. The minimum Gasteiger partial charge on any atom is -0.317 e. The van der Waals surface area contributed by atoms with Gasteiger partial charge >= 0.3 is 0 Å². The summed E-state index contributed by atoms with van der Waals surface area (Å²) in [5.41, 5.74) is 0.504. The summed E-state index contributed by atoms with van der Waals surface area (Å²) < 4.78 is 0. The second-order valence-electron chi connectivity index (χ2n) is 7.66. The van der Waals surface area contributed by atoms with Crippen molar-refractivity contribution >= 4 is 11.3 Å². The molecule has 120 valence electrons. The van der Waals surface area contributed by atoms with Crippen LogP contribution in [0.15, 0.2) is 17.5 Å². The lowest BCUT2D eigenvalue weighted by atomic mass is 9.69. The fourth-order valence-corrected chi connectivity index (χ4v) is 4.40. The second-order valence-corrected chi connectivity index (χ2v) is 8.70. The number of rotatable bonds is 6. The van der Waals surface area contributed by atoms with Crippen LogP contribution in [-0.4, -0.2) is 30.6 Å². The Hall–Kier alpha value is -0.380. The second kappa shape index (κ2) is 7.26. The number of hydrogen-bond donors (Lipinski definition) is 1. The summed E-state index contributed by atoms with van der Waals surface area (Å²) in [6.45, 7) is 11.8. The van der Waals surface area contributed by atoms with Crippen molar-refractivity contribution in [3.63, 3.8) is 0 Å². The van der Waals surface area contributed by atoms with E-state index < -0.39 is 0 Å². The monoisotopic (exact) mass is 308 g/mol. The number of thiophene rings is 1. The van der Waals surface area contributed by atoms with Crippen molar-refractivity contribution in [2.45, 2.75) is 65.6 Å². The third-order valence-corrected chi connectivity index (χ3v) is 5.89. The summed E-state index contributed by atoms with van der Waals surface area (Å²) in [6.07, 6.45) is 4.01. The normalized spacial score (nSPS) is 25.7. The molecule has 2 unspecified atom stereocenters. The third-order valence-electron chi connectivity index (χ3n) is 5.03. The predicted molar refractivity (Wildman–Crippen MR) is 93.8 cm³/mol. The van der Waals surface area contributed by atoms with Crippen LogP contribution in [0.25, 0.3) is 0 Å². The first kappa shape index (κ1) is 17.0. The Kier molecular flexibility index (Phi) is 5.87. The van der Waals surface area contributed by atoms with Crippen LogP contribution < -0.4 is 5.32 Å². The molecule has 1 aromatic rings. The minimum atomic E-state index is 0.504. The zero-order valence-corrected chi connectivity index (χ0v) is 15.2. The molecule has 0 amide bonds. The van der Waals surface area contributed by atoms with Crippen molar-refractivity contribution < 1.29 is 0 Å². The molecule has 1 aliphatic rings. The molecule has 1 saturated carbocycles. The van der Waals surface area contributed by atoms with Crippen molar-refractivity contribution in [3.05, 3.63) is 22.4 Å². The first-order valence-electron chi connectivity index (χ1n) is 8.35. The fraction of sp³-hybridized carbons (Fsp3) is 0.778. The Labute approximate surface area is 134 Å². The lowest BCUT2D eigenvalue weighted by molar-refractivity contribution is 0.0871. The van der Waals surface area contributed by atoms with Gasteiger partial charge in [-0.15, -0.1) is 11.3 Å². The average molecular weight is 309 g/mol. The van der Waals surface area contributed by atoms with Gasteiger partial charge in [0.25, 0.3) is 0 Å². The molecule has 1 aromatic heterocycles. The van der Waals surface area contributed by atoms with Gasteiger partial charge < -0.3 is 5.32 Å². The molecule has 0 aromatic carbocycles. The summed E-state index contributed by atoms with van der Waals surface area (Å²) in [7, 11) is 2.13. The van der Waals surface area contributed by atoms with Gasteiger partial charge in [0, 0.05) is 30.1 Å². The molecule has 1 heterocycles. The molecule has 21 heavy (non-hydrogen) atoms. The molecular weight excluding hydrogens is 276 g/mol. The molecule has 0 radical (unpaired) electrons. The SMILES string of the molecule is CNC1CCC(C)(C)CC1CN(Cc1cccs1)C(C)C. The zero-order valence-electron chi connectivity index (χ0n) is 14.4. The first-order valence-corrected chi connectivity index (χ1v) is 9.23. The highest BCUT2D eigenvalue weighted by Gasteiger charge is 2.35. The maximum absolute atomic E-state index is 3.57. The van der Waals surface area contributed by atoms with Crippen LogP contribution in [0.3, 0.4) is 0 Å². The zero-order chi connectivity index (χ0) is 15.5. The topological polar surface area (TPSA) is 15.3 Å². The highest BCUT2D eigenvalue weighted by atomic mass is 32.1. The van der Waals surface area contributed by atoms with Crippen LogP contribution in [0.5, 0.6) is 0 Å². The quantitative estimate of drug-likeness (QED) is 0.839. The molecule has 1 fully saturated rings. The van der Waals surface area contributed by atoms with Crippen LogP contribution in [0.2, 0.25) is 0 Å². The summed E-state index contributed by atoms with van der Waals surface area (Å²) in [5, 5.41) is 5.76. The van der Waals surface area contributed by atoms with E-state index in [4.69, 9.17) is 0 Å². The molecule has 0 bridgehead atoms. The highest BCUT2D eigenvalue weighted by molar-refractivity contribution is 7.09. The van der Waals surface area contributed by atoms with E-state index in [2.05, 4.69) is 62.5 Å². The van der Waals surface area contributed by atoms with E-state index in [9.17, 15) is 0 Å². The largest absolute Gasteiger partial charge is 0.317 e. The van der Waals surface area contributed by atoms with E-state index in [1.165, 1.54) is 30.7 Å². The van der Waals surface area contributed by atoms with E-state index in [-0.39, 0.29) is 0 Å². The Balaban J connectivity index is 2.03. The van der Waals surface area contributed by atoms with E-state index in [0.29, 0.717) is 17.5 Å². The molecule has 2 atom stereocenters. The van der Waals surface area contributed by atoms with Crippen LogP contribution in [0, 0.1) is 11.3 Å². The van der Waals surface area contributed by atoms with Gasteiger partial charge in [0.1, 0.15) is 0 Å². The Morgan fingerprint density at radius 1 is 1.43 bits per heavy atom. The van der Waals surface area contributed by atoms with E-state index >= 15 is 0 Å². The molecule has 2 nitrogen and oxygen atoms in total. The Morgan fingerprint density at radius 3 is 2.76 bits per heavy atom. The third kappa shape index (κ3) is 4.80. The van der Waals surface area contributed by atoms with E-state index in [0.717, 1.165) is 12.5 Å². The molecule has 0 spiro atoms. The lowest BCUT2D eigenvalue weighted by Crippen LogP contribution is -2.47. The van der Waals surface area contributed by atoms with Crippen molar-refractivity contribution in [3.8, 4) is 0 Å². The number of nitrogens with zero attached hydrogens (tertiary/aromatic N) is 1. The van der Waals surface area contributed by atoms with Gasteiger partial charge in [-0.05, 0) is 62.9 Å². The highest BCUT2D eigenvalue weighted by Crippen LogP contribution is 2.39. The van der Waals surface area contributed by atoms with Crippen LogP contribution in [-0.2, 0) is 6.54 Å². The lowest BCUT2D eigenvalue weighted by Gasteiger charge is -2.43. The average Bonchev–Trinajstić information content (AvgIpc) is 2.90. The van der Waals surface area contributed by atoms with Crippen LogP contribution >= 0.6 is 11.3 Å². The Morgan fingerprint density at radius 2 is 2.19 bits per heavy atom. The van der Waals surface area contributed by atoms with Crippen LogP contribution in [0.1, 0.15) is 51.8 Å². The van der Waals surface area contributed by atoms with Gasteiger partial charge in [0.15, 0.2) is 0 Å². The van der Waals surface area contributed by atoms with Gasteiger partial charge in [-0.1, -0.05) is 19.9 Å². The van der Waals surface area contributed by atoms with E-state index in [1.54, 1.807) is 0 Å². The molecule has 2 rings (SSSR count). The van der Waals surface area contributed by atoms with Gasteiger partial charge in [-0.2, -0.15) is 0 Å². The van der Waals surface area contributed by atoms with Crippen molar-refractivity contribution in [1.82, 2.24) is 10.2 Å². The van der Waals surface area contributed by atoms with Gasteiger partial charge in [0.2, 0.25) is 0 Å². The summed E-state index contributed by atoms with van der Waals surface area (Å²) in [6, 6.07) is 5.72. The molecule has 0 aliphatic heterocycles. The first-order chi connectivity index (χ1) is 9.91.